The van der Waals surface area contributed by atoms with Gasteiger partial charge in [-0.05, 0) is 37.5 Å². The third-order valence-corrected chi connectivity index (χ3v) is 7.07. The van der Waals surface area contributed by atoms with Gasteiger partial charge in [-0.25, -0.2) is 4.98 Å². The monoisotopic (exact) mass is 423 g/mol. The fourth-order valence-electron chi connectivity index (χ4n) is 3.63. The zero-order chi connectivity index (χ0) is 20.4. The van der Waals surface area contributed by atoms with Crippen LogP contribution in [0.15, 0.2) is 52.0 Å². The summed E-state index contributed by atoms with van der Waals surface area (Å²) >= 11 is 3.21. The number of hydrogen-bond donors (Lipinski definition) is 0. The van der Waals surface area contributed by atoms with Crippen LogP contribution < -0.4 is 5.56 Å². The fraction of sp³-hybridized carbons (Fsp3) is 0.304. The van der Waals surface area contributed by atoms with Crippen molar-refractivity contribution in [1.82, 2.24) is 14.5 Å². The molecule has 0 saturated heterocycles. The van der Waals surface area contributed by atoms with Crippen LogP contribution in [-0.4, -0.2) is 34.1 Å². The number of nitrogens with zero attached hydrogens (tertiary/aromatic N) is 3. The van der Waals surface area contributed by atoms with Gasteiger partial charge in [-0.2, -0.15) is 0 Å². The van der Waals surface area contributed by atoms with Crippen LogP contribution in [0.3, 0.4) is 0 Å². The number of likely N-dealkylation sites (N-methyl/N-ethyl adjacent to an activating group) is 1. The number of aromatic nitrogens is 2. The van der Waals surface area contributed by atoms with Crippen molar-refractivity contribution in [1.29, 1.82) is 0 Å². The van der Waals surface area contributed by atoms with Gasteiger partial charge in [0.15, 0.2) is 0 Å². The van der Waals surface area contributed by atoms with Crippen LogP contribution in [0.2, 0.25) is 0 Å². The standard InChI is InChI=1S/C23H25N3OS2/c1-4-25(5-2)11-12-26-21(17-9-6-8-16(3)14-17)24-22-20(23(26)27)18(15-29-22)19-10-7-13-28-19/h6-10,13-15H,4-5,11-12H2,1-3H3. The molecule has 6 heteroatoms. The smallest absolute Gasteiger partial charge is 0.263 e. The molecular weight excluding hydrogens is 398 g/mol. The van der Waals surface area contributed by atoms with Crippen molar-refractivity contribution in [2.24, 2.45) is 0 Å². The fourth-order valence-corrected chi connectivity index (χ4v) is 5.38. The Morgan fingerprint density at radius 1 is 1.10 bits per heavy atom. The van der Waals surface area contributed by atoms with Gasteiger partial charge in [0.1, 0.15) is 10.7 Å². The van der Waals surface area contributed by atoms with Crippen molar-refractivity contribution in [3.63, 3.8) is 0 Å². The molecule has 0 fully saturated rings. The number of rotatable bonds is 7. The van der Waals surface area contributed by atoms with Crippen LogP contribution >= 0.6 is 22.7 Å². The number of benzene rings is 1. The van der Waals surface area contributed by atoms with E-state index in [1.54, 1.807) is 22.7 Å². The Labute approximate surface area is 179 Å². The lowest BCUT2D eigenvalue weighted by molar-refractivity contribution is 0.289. The molecule has 0 spiro atoms. The molecule has 0 aliphatic carbocycles. The normalized spacial score (nSPS) is 11.6. The lowest BCUT2D eigenvalue weighted by Crippen LogP contribution is -2.32. The van der Waals surface area contributed by atoms with E-state index < -0.39 is 0 Å². The SMILES string of the molecule is CCN(CC)CCn1c(-c2cccc(C)c2)nc2scc(-c3cccs3)c2c1=O. The van der Waals surface area contributed by atoms with Gasteiger partial charge in [-0.1, -0.05) is 43.7 Å². The maximum Gasteiger partial charge on any atom is 0.263 e. The summed E-state index contributed by atoms with van der Waals surface area (Å²) in [5, 5.41) is 4.86. The van der Waals surface area contributed by atoms with Crippen molar-refractivity contribution in [2.75, 3.05) is 19.6 Å². The molecule has 4 rings (SSSR count). The molecule has 0 saturated carbocycles. The van der Waals surface area contributed by atoms with E-state index in [-0.39, 0.29) is 5.56 Å². The van der Waals surface area contributed by atoms with Crippen molar-refractivity contribution < 1.29 is 0 Å². The van der Waals surface area contributed by atoms with Gasteiger partial charge in [0.2, 0.25) is 0 Å². The quantitative estimate of drug-likeness (QED) is 0.394. The van der Waals surface area contributed by atoms with Gasteiger partial charge in [0, 0.05) is 34.5 Å². The Kier molecular flexibility index (Phi) is 5.94. The summed E-state index contributed by atoms with van der Waals surface area (Å²) < 4.78 is 1.87. The second kappa shape index (κ2) is 8.61. The molecule has 4 aromatic rings. The predicted octanol–water partition coefficient (Wildman–Crippen LogP) is 5.50. The molecule has 1 aromatic carbocycles. The maximum absolute atomic E-state index is 13.7. The summed E-state index contributed by atoms with van der Waals surface area (Å²) in [5.41, 5.74) is 3.22. The van der Waals surface area contributed by atoms with Gasteiger partial charge in [0.25, 0.3) is 5.56 Å². The Balaban J connectivity index is 1.91. The summed E-state index contributed by atoms with van der Waals surface area (Å²) in [6.45, 7) is 9.79. The minimum atomic E-state index is 0.0586. The maximum atomic E-state index is 13.7. The number of fused-ring (bicyclic) bond motifs is 1. The minimum Gasteiger partial charge on any atom is -0.302 e. The third kappa shape index (κ3) is 3.92. The molecular formula is C23H25N3OS2. The second-order valence-corrected chi connectivity index (χ2v) is 8.90. The lowest BCUT2D eigenvalue weighted by Gasteiger charge is -2.20. The van der Waals surface area contributed by atoms with Crippen LogP contribution in [-0.2, 0) is 6.54 Å². The molecule has 0 bridgehead atoms. The van der Waals surface area contributed by atoms with E-state index in [9.17, 15) is 4.79 Å². The van der Waals surface area contributed by atoms with Gasteiger partial charge in [-0.3, -0.25) is 9.36 Å². The summed E-state index contributed by atoms with van der Waals surface area (Å²) in [6.07, 6.45) is 0. The van der Waals surface area contributed by atoms with Crippen molar-refractivity contribution >= 4 is 32.9 Å². The molecule has 0 N–H and O–H groups in total. The topological polar surface area (TPSA) is 38.1 Å². The van der Waals surface area contributed by atoms with Crippen LogP contribution in [0.1, 0.15) is 19.4 Å². The van der Waals surface area contributed by atoms with Crippen molar-refractivity contribution in [3.8, 4) is 21.8 Å². The molecule has 0 aliphatic rings. The first kappa shape index (κ1) is 20.0. The van der Waals surface area contributed by atoms with Crippen molar-refractivity contribution in [2.45, 2.75) is 27.3 Å². The Morgan fingerprint density at radius 3 is 2.62 bits per heavy atom. The first-order valence-corrected chi connectivity index (χ1v) is 11.7. The first-order valence-electron chi connectivity index (χ1n) is 9.97. The van der Waals surface area contributed by atoms with Gasteiger partial charge in [0.05, 0.1) is 5.39 Å². The molecule has 4 nitrogen and oxygen atoms in total. The lowest BCUT2D eigenvalue weighted by atomic mass is 10.1. The summed E-state index contributed by atoms with van der Waals surface area (Å²) in [6, 6.07) is 12.3. The molecule has 0 atom stereocenters. The highest BCUT2D eigenvalue weighted by Crippen LogP contribution is 2.34. The average molecular weight is 424 g/mol. The summed E-state index contributed by atoms with van der Waals surface area (Å²) in [7, 11) is 0. The zero-order valence-electron chi connectivity index (χ0n) is 17.0. The van der Waals surface area contributed by atoms with E-state index in [0.29, 0.717) is 6.54 Å². The molecule has 3 aromatic heterocycles. The second-order valence-electron chi connectivity index (χ2n) is 7.10. The van der Waals surface area contributed by atoms with E-state index in [2.05, 4.69) is 49.3 Å². The van der Waals surface area contributed by atoms with E-state index in [0.717, 1.165) is 57.2 Å². The third-order valence-electron chi connectivity index (χ3n) is 5.29. The van der Waals surface area contributed by atoms with Crippen LogP contribution in [0.25, 0.3) is 32.0 Å². The average Bonchev–Trinajstić information content (AvgIpc) is 3.39. The highest BCUT2D eigenvalue weighted by Gasteiger charge is 2.19. The first-order chi connectivity index (χ1) is 14.1. The van der Waals surface area contributed by atoms with Crippen LogP contribution in [0.5, 0.6) is 0 Å². The predicted molar refractivity (Wildman–Crippen MR) is 125 cm³/mol. The Morgan fingerprint density at radius 2 is 1.93 bits per heavy atom. The molecule has 0 radical (unpaired) electrons. The molecule has 3 heterocycles. The van der Waals surface area contributed by atoms with Crippen molar-refractivity contribution in [3.05, 3.63) is 63.1 Å². The largest absolute Gasteiger partial charge is 0.302 e. The van der Waals surface area contributed by atoms with E-state index in [1.165, 1.54) is 0 Å². The van der Waals surface area contributed by atoms with E-state index in [1.807, 2.05) is 28.1 Å². The number of hydrogen-bond acceptors (Lipinski definition) is 5. The Hall–Kier alpha value is -2.28. The number of thiophene rings is 2. The Bertz CT molecular complexity index is 1170. The highest BCUT2D eigenvalue weighted by molar-refractivity contribution is 7.18. The van der Waals surface area contributed by atoms with E-state index >= 15 is 0 Å². The van der Waals surface area contributed by atoms with Gasteiger partial charge in [-0.15, -0.1) is 22.7 Å². The van der Waals surface area contributed by atoms with E-state index in [4.69, 9.17) is 4.98 Å². The minimum absolute atomic E-state index is 0.0586. The molecule has 29 heavy (non-hydrogen) atoms. The molecule has 0 aliphatic heterocycles. The molecule has 150 valence electrons. The molecule has 0 amide bonds. The van der Waals surface area contributed by atoms with Gasteiger partial charge < -0.3 is 4.90 Å². The summed E-state index contributed by atoms with van der Waals surface area (Å²) in [4.78, 5) is 22.9. The van der Waals surface area contributed by atoms with Gasteiger partial charge >= 0.3 is 0 Å². The number of aryl methyl sites for hydroxylation is 1. The summed E-state index contributed by atoms with van der Waals surface area (Å²) in [5.74, 6) is 0.762. The molecule has 0 unspecified atom stereocenters. The van der Waals surface area contributed by atoms with Crippen LogP contribution in [0.4, 0.5) is 0 Å². The zero-order valence-corrected chi connectivity index (χ0v) is 18.6. The van der Waals surface area contributed by atoms with Crippen LogP contribution in [0, 0.1) is 6.92 Å². The highest BCUT2D eigenvalue weighted by atomic mass is 32.1.